The van der Waals surface area contributed by atoms with Gasteiger partial charge < -0.3 is 4.57 Å². The molecule has 0 aliphatic heterocycles. The van der Waals surface area contributed by atoms with Gasteiger partial charge in [0.2, 0.25) is 0 Å². The third kappa shape index (κ3) is 3.25. The molecule has 4 rings (SSSR count). The van der Waals surface area contributed by atoms with E-state index < -0.39 is 0 Å². The molecule has 0 fully saturated rings. The molecule has 0 N–H and O–H groups in total. The highest BCUT2D eigenvalue weighted by atomic mass is 19.1. The predicted molar refractivity (Wildman–Crippen MR) is 104 cm³/mol. The lowest BCUT2D eigenvalue weighted by atomic mass is 9.96. The maximum Gasteiger partial charge on any atom is 0.162 e. The summed E-state index contributed by atoms with van der Waals surface area (Å²) in [7, 11) is 0. The molecule has 0 aliphatic rings. The van der Waals surface area contributed by atoms with Crippen molar-refractivity contribution in [1.29, 1.82) is 5.26 Å². The van der Waals surface area contributed by atoms with Gasteiger partial charge >= 0.3 is 0 Å². The Labute approximate surface area is 161 Å². The summed E-state index contributed by atoms with van der Waals surface area (Å²) in [5.74, 6) is -0.295. The van der Waals surface area contributed by atoms with Crippen LogP contribution in [-0.4, -0.2) is 24.1 Å². The summed E-state index contributed by atoms with van der Waals surface area (Å²) in [6.07, 6.45) is 3.28. The minimum absolute atomic E-state index is 0.0203. The summed E-state index contributed by atoms with van der Waals surface area (Å²) < 4.78 is 17.0. The molecule has 4 aromatic rings. The van der Waals surface area contributed by atoms with Crippen LogP contribution in [0.15, 0.2) is 48.9 Å². The van der Waals surface area contributed by atoms with Gasteiger partial charge in [-0.15, -0.1) is 0 Å². The monoisotopic (exact) mass is 374 g/mol. The zero-order valence-corrected chi connectivity index (χ0v) is 15.9. The number of nitrogens with zero attached hydrogens (tertiary/aromatic N) is 6. The molecule has 7 heteroatoms. The van der Waals surface area contributed by atoms with Crippen LogP contribution in [-0.2, 0) is 6.54 Å². The van der Waals surface area contributed by atoms with Crippen molar-refractivity contribution in [1.82, 2.24) is 24.1 Å². The van der Waals surface area contributed by atoms with Crippen LogP contribution < -0.4 is 0 Å². The van der Waals surface area contributed by atoms with E-state index in [1.165, 1.54) is 22.8 Å². The highest BCUT2D eigenvalue weighted by Crippen LogP contribution is 2.32. The quantitative estimate of drug-likeness (QED) is 0.535. The van der Waals surface area contributed by atoms with E-state index in [0.717, 1.165) is 23.5 Å². The molecule has 28 heavy (non-hydrogen) atoms. The van der Waals surface area contributed by atoms with Crippen LogP contribution in [0.3, 0.4) is 0 Å². The van der Waals surface area contributed by atoms with Crippen molar-refractivity contribution in [2.75, 3.05) is 0 Å². The Kier molecular flexibility index (Phi) is 4.19. The first kappa shape index (κ1) is 17.9. The molecule has 140 valence electrons. The molecule has 0 atom stereocenters. The molecule has 3 heterocycles. The number of hydrogen-bond donors (Lipinski definition) is 0. The zero-order valence-electron chi connectivity index (χ0n) is 15.9. The van der Waals surface area contributed by atoms with Gasteiger partial charge in [-0.2, -0.15) is 10.4 Å². The first-order valence-electron chi connectivity index (χ1n) is 8.92. The largest absolute Gasteiger partial charge is 0.328 e. The van der Waals surface area contributed by atoms with Crippen LogP contribution in [0.4, 0.5) is 4.39 Å². The van der Waals surface area contributed by atoms with Crippen LogP contribution in [0, 0.1) is 22.6 Å². The number of fused-ring (bicyclic) bond motifs is 1. The van der Waals surface area contributed by atoms with Crippen molar-refractivity contribution in [3.8, 4) is 28.7 Å². The fourth-order valence-corrected chi connectivity index (χ4v) is 3.18. The second-order valence-corrected chi connectivity index (χ2v) is 7.88. The Morgan fingerprint density at radius 2 is 1.82 bits per heavy atom. The molecule has 0 unspecified atom stereocenters. The molecule has 0 radical (unpaired) electrons. The van der Waals surface area contributed by atoms with Gasteiger partial charge in [0, 0.05) is 12.1 Å². The van der Waals surface area contributed by atoms with Gasteiger partial charge in [0.25, 0.3) is 0 Å². The molecule has 0 bridgehead atoms. The topological polar surface area (TPSA) is 71.8 Å². The van der Waals surface area contributed by atoms with E-state index in [4.69, 9.17) is 0 Å². The van der Waals surface area contributed by atoms with Crippen molar-refractivity contribution >= 4 is 5.65 Å². The normalized spacial score (nSPS) is 11.7. The summed E-state index contributed by atoms with van der Waals surface area (Å²) in [4.78, 5) is 8.80. The lowest BCUT2D eigenvalue weighted by Gasteiger charge is -2.20. The molecular formula is C21H19FN6. The van der Waals surface area contributed by atoms with E-state index in [-0.39, 0.29) is 11.2 Å². The molecule has 0 aliphatic carbocycles. The van der Waals surface area contributed by atoms with E-state index in [0.29, 0.717) is 17.0 Å². The second kappa shape index (κ2) is 6.57. The van der Waals surface area contributed by atoms with E-state index in [9.17, 15) is 9.65 Å². The Bertz CT molecular complexity index is 1190. The third-order valence-electron chi connectivity index (χ3n) is 4.32. The maximum absolute atomic E-state index is 13.4. The molecule has 1 aromatic carbocycles. The number of rotatable bonds is 3. The van der Waals surface area contributed by atoms with Gasteiger partial charge in [0.05, 0.1) is 23.9 Å². The van der Waals surface area contributed by atoms with Crippen LogP contribution in [0.2, 0.25) is 0 Å². The van der Waals surface area contributed by atoms with Gasteiger partial charge in [-0.05, 0) is 41.8 Å². The van der Waals surface area contributed by atoms with Crippen molar-refractivity contribution in [3.05, 3.63) is 60.4 Å². The Morgan fingerprint density at radius 1 is 1.07 bits per heavy atom. The molecule has 0 amide bonds. The Hall–Kier alpha value is -3.53. The van der Waals surface area contributed by atoms with Gasteiger partial charge in [-0.1, -0.05) is 20.8 Å². The lowest BCUT2D eigenvalue weighted by Crippen LogP contribution is -2.16. The second-order valence-electron chi connectivity index (χ2n) is 7.88. The summed E-state index contributed by atoms with van der Waals surface area (Å²) >= 11 is 0. The molecular weight excluding hydrogens is 355 g/mol. The molecule has 3 aromatic heterocycles. The number of imidazole rings is 2. The van der Waals surface area contributed by atoms with Crippen LogP contribution >= 0.6 is 0 Å². The summed E-state index contributed by atoms with van der Waals surface area (Å²) in [5, 5.41) is 13.9. The Morgan fingerprint density at radius 3 is 2.50 bits per heavy atom. The van der Waals surface area contributed by atoms with E-state index >= 15 is 0 Å². The highest BCUT2D eigenvalue weighted by Gasteiger charge is 2.21. The van der Waals surface area contributed by atoms with E-state index in [2.05, 4.69) is 46.5 Å². The molecule has 6 nitrogen and oxygen atoms in total. The van der Waals surface area contributed by atoms with Crippen LogP contribution in [0.5, 0.6) is 0 Å². The lowest BCUT2D eigenvalue weighted by molar-refractivity contribution is 0.345. The first-order chi connectivity index (χ1) is 13.4. The number of hydrogen-bond acceptors (Lipinski definition) is 4. The van der Waals surface area contributed by atoms with Gasteiger partial charge in [0.15, 0.2) is 11.3 Å². The van der Waals surface area contributed by atoms with E-state index in [1.807, 2.05) is 12.1 Å². The van der Waals surface area contributed by atoms with Crippen molar-refractivity contribution in [3.63, 3.8) is 0 Å². The molecule has 0 saturated carbocycles. The van der Waals surface area contributed by atoms with Crippen molar-refractivity contribution < 1.29 is 4.39 Å². The predicted octanol–water partition coefficient (Wildman–Crippen LogP) is 4.32. The number of aromatic nitrogens is 5. The van der Waals surface area contributed by atoms with Crippen molar-refractivity contribution in [2.45, 2.75) is 27.3 Å². The standard InChI is InChI=1S/C21H19FN6/c1-21(2,3)12-27-13-25-19(14-4-6-15(22)7-5-14)20(27)17-8-9-18-24-11-16(10-23)28(18)26-17/h4-9,11,13H,12H2,1-3H3. The fraction of sp³-hybridized carbons (Fsp3) is 0.238. The minimum atomic E-state index is -0.295. The smallest absolute Gasteiger partial charge is 0.162 e. The van der Waals surface area contributed by atoms with E-state index in [1.54, 1.807) is 18.5 Å². The first-order valence-corrected chi connectivity index (χ1v) is 8.92. The molecule has 0 saturated heterocycles. The summed E-state index contributed by atoms with van der Waals surface area (Å²) in [6.45, 7) is 7.17. The average molecular weight is 374 g/mol. The van der Waals surface area contributed by atoms with Crippen molar-refractivity contribution in [2.24, 2.45) is 5.41 Å². The molecule has 0 spiro atoms. The Balaban J connectivity index is 1.94. The highest BCUT2D eigenvalue weighted by molar-refractivity contribution is 5.77. The maximum atomic E-state index is 13.4. The van der Waals surface area contributed by atoms with Gasteiger partial charge in [-0.3, -0.25) is 0 Å². The summed E-state index contributed by atoms with van der Waals surface area (Å²) in [6, 6.07) is 12.0. The van der Waals surface area contributed by atoms with Gasteiger partial charge in [0.1, 0.15) is 17.6 Å². The fourth-order valence-electron chi connectivity index (χ4n) is 3.18. The average Bonchev–Trinajstić information content (AvgIpc) is 3.24. The third-order valence-corrected chi connectivity index (χ3v) is 4.32. The minimum Gasteiger partial charge on any atom is -0.328 e. The number of benzene rings is 1. The number of nitriles is 1. The van der Waals surface area contributed by atoms with Crippen LogP contribution in [0.1, 0.15) is 26.5 Å². The van der Waals surface area contributed by atoms with Crippen LogP contribution in [0.25, 0.3) is 28.3 Å². The number of halogens is 1. The zero-order chi connectivity index (χ0) is 19.9. The SMILES string of the molecule is CC(C)(C)Cn1cnc(-c2ccc(F)cc2)c1-c1ccc2ncc(C#N)n2n1. The van der Waals surface area contributed by atoms with Gasteiger partial charge in [-0.25, -0.2) is 18.9 Å². The summed E-state index contributed by atoms with van der Waals surface area (Å²) in [5.41, 5.74) is 4.00.